The monoisotopic (exact) mass is 688 g/mol. The summed E-state index contributed by atoms with van der Waals surface area (Å²) in [5.41, 5.74) is 2.45. The number of hydrogen-bond donors (Lipinski definition) is 2. The fourth-order valence-electron chi connectivity index (χ4n) is 5.75. The standard InChI is InChI=1S/C38H51N5O5S/c1-4-5-6-7-8-9-10-11-12-13-14-15-16-24-36(44)39-29-20-19-21-31(25-29)43(49(45)46)38-37(41-34-22-17-18-23-35(34)42-38)40-30-26-32(47-2)28-33(27-30)48-3/h17-23,25-28H,4-16,24H2,1-3H3,(H,39,44)(H,40,41)(H,45,46)/p-1. The molecule has 0 fully saturated rings. The van der Waals surface area contributed by atoms with Gasteiger partial charge < -0.3 is 24.7 Å². The summed E-state index contributed by atoms with van der Waals surface area (Å²) in [6, 6.07) is 19.1. The molecule has 4 rings (SSSR count). The topological polar surface area (TPSA) is 129 Å². The molecule has 0 spiro atoms. The van der Waals surface area contributed by atoms with Gasteiger partial charge in [-0.15, -0.1) is 0 Å². The van der Waals surface area contributed by atoms with E-state index in [0.29, 0.717) is 46.0 Å². The maximum Gasteiger partial charge on any atom is 0.224 e. The summed E-state index contributed by atoms with van der Waals surface area (Å²) in [4.78, 5) is 22.2. The van der Waals surface area contributed by atoms with Crippen LogP contribution in [0.25, 0.3) is 11.0 Å². The molecule has 11 heteroatoms. The number of carbonyl (C=O) groups excluding carboxylic acids is 1. The van der Waals surface area contributed by atoms with Crippen LogP contribution >= 0.6 is 0 Å². The molecule has 1 amide bonds. The number of rotatable bonds is 22. The van der Waals surface area contributed by atoms with Crippen LogP contribution in [0, 0.1) is 0 Å². The van der Waals surface area contributed by atoms with Crippen LogP contribution in [-0.2, 0) is 16.1 Å². The van der Waals surface area contributed by atoms with Gasteiger partial charge in [0.15, 0.2) is 11.6 Å². The Kier molecular flexibility index (Phi) is 15.6. The Bertz CT molecular complexity index is 1630. The molecule has 3 aromatic carbocycles. The number of para-hydroxylation sites is 2. The van der Waals surface area contributed by atoms with Crippen molar-refractivity contribution in [2.24, 2.45) is 0 Å². The summed E-state index contributed by atoms with van der Waals surface area (Å²) < 4.78 is 37.5. The maximum absolute atomic E-state index is 12.8. The molecule has 1 heterocycles. The smallest absolute Gasteiger partial charge is 0.224 e. The van der Waals surface area contributed by atoms with E-state index >= 15 is 0 Å². The number of aromatic nitrogens is 2. The van der Waals surface area contributed by atoms with Gasteiger partial charge in [-0.1, -0.05) is 102 Å². The Morgan fingerprint density at radius 1 is 0.735 bits per heavy atom. The van der Waals surface area contributed by atoms with Gasteiger partial charge in [-0.05, 0) is 36.8 Å². The molecule has 0 bridgehead atoms. The van der Waals surface area contributed by atoms with Crippen LogP contribution in [-0.4, -0.2) is 38.9 Å². The maximum atomic E-state index is 12.8. The number of ether oxygens (including phenoxy) is 2. The first-order chi connectivity index (χ1) is 23.9. The summed E-state index contributed by atoms with van der Waals surface area (Å²) in [6.07, 6.45) is 16.6. The number of anilines is 5. The Morgan fingerprint density at radius 2 is 1.31 bits per heavy atom. The van der Waals surface area contributed by atoms with E-state index in [0.717, 1.165) is 23.6 Å². The van der Waals surface area contributed by atoms with Gasteiger partial charge in [-0.2, -0.15) is 0 Å². The van der Waals surface area contributed by atoms with Crippen molar-refractivity contribution in [3.8, 4) is 11.5 Å². The van der Waals surface area contributed by atoms with Crippen LogP contribution in [0.5, 0.6) is 11.5 Å². The molecule has 1 aromatic heterocycles. The number of carbonyl (C=O) groups is 1. The van der Waals surface area contributed by atoms with E-state index in [-0.39, 0.29) is 17.5 Å². The molecule has 1 unspecified atom stereocenters. The molecule has 0 aliphatic rings. The van der Waals surface area contributed by atoms with E-state index in [1.54, 1.807) is 68.8 Å². The number of unbranched alkanes of at least 4 members (excludes halogenated alkanes) is 12. The lowest BCUT2D eigenvalue weighted by atomic mass is 10.0. The molecule has 49 heavy (non-hydrogen) atoms. The van der Waals surface area contributed by atoms with Crippen molar-refractivity contribution in [3.63, 3.8) is 0 Å². The minimum absolute atomic E-state index is 0.0595. The van der Waals surface area contributed by atoms with Gasteiger partial charge in [-0.25, -0.2) is 9.97 Å². The Hall–Kier alpha value is -4.22. The van der Waals surface area contributed by atoms with E-state index in [9.17, 15) is 13.6 Å². The van der Waals surface area contributed by atoms with Gasteiger partial charge >= 0.3 is 0 Å². The van der Waals surface area contributed by atoms with Gasteiger partial charge in [0.1, 0.15) is 11.5 Å². The van der Waals surface area contributed by atoms with Crippen LogP contribution in [0.15, 0.2) is 66.7 Å². The van der Waals surface area contributed by atoms with Gasteiger partial charge in [0.25, 0.3) is 0 Å². The largest absolute Gasteiger partial charge is 0.755 e. The van der Waals surface area contributed by atoms with Crippen LogP contribution < -0.4 is 24.4 Å². The highest BCUT2D eigenvalue weighted by molar-refractivity contribution is 7.81. The Morgan fingerprint density at radius 3 is 1.88 bits per heavy atom. The molecule has 0 saturated carbocycles. The first kappa shape index (κ1) is 37.6. The van der Waals surface area contributed by atoms with Crippen LogP contribution in [0.2, 0.25) is 0 Å². The highest BCUT2D eigenvalue weighted by atomic mass is 32.2. The quantitative estimate of drug-likeness (QED) is 0.0617. The highest BCUT2D eigenvalue weighted by Gasteiger charge is 2.21. The lowest BCUT2D eigenvalue weighted by Gasteiger charge is -2.27. The molecule has 0 aliphatic carbocycles. The molecule has 10 nitrogen and oxygen atoms in total. The predicted molar refractivity (Wildman–Crippen MR) is 199 cm³/mol. The minimum atomic E-state index is -2.78. The third kappa shape index (κ3) is 12.0. The van der Waals surface area contributed by atoms with E-state index in [1.165, 1.54) is 64.2 Å². The second kappa shape index (κ2) is 20.3. The summed E-state index contributed by atoms with van der Waals surface area (Å²) in [7, 11) is 3.10. The van der Waals surface area contributed by atoms with Gasteiger partial charge in [0.05, 0.1) is 42.2 Å². The van der Waals surface area contributed by atoms with Crippen LogP contribution in [0.4, 0.5) is 28.7 Å². The summed E-state index contributed by atoms with van der Waals surface area (Å²) in [5, 5.41) is 6.14. The SMILES string of the molecule is CCCCCCCCCCCCCCCC(=O)Nc1cccc(N(c2nc3ccccc3nc2Nc2cc(OC)cc(OC)c2)S(=O)[O-])c1. The lowest BCUT2D eigenvalue weighted by Crippen LogP contribution is -2.22. The number of nitrogens with zero attached hydrogens (tertiary/aromatic N) is 3. The van der Waals surface area contributed by atoms with Crippen molar-refractivity contribution >= 4 is 56.9 Å². The average Bonchev–Trinajstić information content (AvgIpc) is 3.10. The van der Waals surface area contributed by atoms with Crippen LogP contribution in [0.3, 0.4) is 0 Å². The van der Waals surface area contributed by atoms with Gasteiger partial charge in [-0.3, -0.25) is 13.3 Å². The molecule has 2 N–H and O–H groups in total. The van der Waals surface area contributed by atoms with Crippen LogP contribution in [0.1, 0.15) is 96.8 Å². The summed E-state index contributed by atoms with van der Waals surface area (Å²) in [6.45, 7) is 2.25. The van der Waals surface area contributed by atoms with E-state index in [1.807, 2.05) is 12.1 Å². The number of hydrogen-bond acceptors (Lipinski definition) is 8. The molecule has 0 radical (unpaired) electrons. The molecular formula is C38H50N5O5S-. The van der Waals surface area contributed by atoms with Crippen molar-refractivity contribution in [1.29, 1.82) is 0 Å². The molecular weight excluding hydrogens is 639 g/mol. The molecule has 264 valence electrons. The summed E-state index contributed by atoms with van der Waals surface area (Å²) >= 11 is -2.78. The highest BCUT2D eigenvalue weighted by Crippen LogP contribution is 2.36. The molecule has 0 saturated heterocycles. The van der Waals surface area contributed by atoms with Crippen molar-refractivity contribution in [2.45, 2.75) is 96.8 Å². The molecule has 1 atom stereocenters. The number of methoxy groups -OCH3 is 2. The Labute approximate surface area is 293 Å². The number of benzene rings is 3. The third-order valence-electron chi connectivity index (χ3n) is 8.38. The first-order valence-corrected chi connectivity index (χ1v) is 18.5. The van der Waals surface area contributed by atoms with Crippen molar-refractivity contribution < 1.29 is 23.0 Å². The van der Waals surface area contributed by atoms with E-state index < -0.39 is 11.3 Å². The van der Waals surface area contributed by atoms with E-state index in [4.69, 9.17) is 19.4 Å². The zero-order chi connectivity index (χ0) is 34.8. The van der Waals surface area contributed by atoms with Crippen molar-refractivity contribution in [2.75, 3.05) is 29.2 Å². The minimum Gasteiger partial charge on any atom is -0.755 e. The summed E-state index contributed by atoms with van der Waals surface area (Å²) in [5.74, 6) is 1.25. The second-order valence-electron chi connectivity index (χ2n) is 12.2. The number of nitrogens with one attached hydrogen (secondary N) is 2. The van der Waals surface area contributed by atoms with Gasteiger partial charge in [0.2, 0.25) is 5.91 Å². The predicted octanol–water partition coefficient (Wildman–Crippen LogP) is 9.74. The third-order valence-corrected chi connectivity index (χ3v) is 9.06. The zero-order valence-electron chi connectivity index (χ0n) is 29.0. The fourth-order valence-corrected chi connectivity index (χ4v) is 6.30. The normalized spacial score (nSPS) is 11.7. The van der Waals surface area contributed by atoms with Gasteiger partial charge in [0, 0.05) is 36.0 Å². The zero-order valence-corrected chi connectivity index (χ0v) is 29.9. The Balaban J connectivity index is 1.38. The first-order valence-electron chi connectivity index (χ1n) is 17.5. The average molecular weight is 689 g/mol. The second-order valence-corrected chi connectivity index (χ2v) is 13.0. The lowest BCUT2D eigenvalue weighted by molar-refractivity contribution is -0.116. The molecule has 0 aliphatic heterocycles. The fraction of sp³-hybridized carbons (Fsp3) is 0.447. The van der Waals surface area contributed by atoms with Crippen molar-refractivity contribution in [1.82, 2.24) is 9.97 Å². The van der Waals surface area contributed by atoms with E-state index in [2.05, 4.69) is 17.6 Å². The molecule has 4 aromatic rings. The number of amides is 1. The number of fused-ring (bicyclic) bond motifs is 1. The van der Waals surface area contributed by atoms with Crippen molar-refractivity contribution in [3.05, 3.63) is 66.7 Å².